The van der Waals surface area contributed by atoms with E-state index in [-0.39, 0.29) is 0 Å². The molecule has 1 aromatic carbocycles. The molecule has 1 aliphatic rings. The maximum atomic E-state index is 6.12. The summed E-state index contributed by atoms with van der Waals surface area (Å²) in [5.74, 6) is 1.52. The third-order valence-electron chi connectivity index (χ3n) is 3.14. The maximum Gasteiger partial charge on any atom is 0.123 e. The SMILES string of the molecule is CC(C)c1cc(Br)ccc1OC1CCCNC1. The smallest absolute Gasteiger partial charge is 0.123 e. The van der Waals surface area contributed by atoms with Crippen LogP contribution in [0.5, 0.6) is 5.75 Å². The van der Waals surface area contributed by atoms with Crippen molar-refractivity contribution >= 4 is 15.9 Å². The molecule has 94 valence electrons. The first kappa shape index (κ1) is 12.9. The summed E-state index contributed by atoms with van der Waals surface area (Å²) >= 11 is 3.52. The number of rotatable bonds is 3. The van der Waals surface area contributed by atoms with E-state index in [0.717, 1.165) is 29.7 Å². The van der Waals surface area contributed by atoms with Gasteiger partial charge in [-0.25, -0.2) is 0 Å². The van der Waals surface area contributed by atoms with Gasteiger partial charge in [0.15, 0.2) is 0 Å². The Labute approximate surface area is 112 Å². The topological polar surface area (TPSA) is 21.3 Å². The monoisotopic (exact) mass is 297 g/mol. The van der Waals surface area contributed by atoms with E-state index in [1.807, 2.05) is 0 Å². The van der Waals surface area contributed by atoms with Gasteiger partial charge in [-0.1, -0.05) is 29.8 Å². The van der Waals surface area contributed by atoms with E-state index in [2.05, 4.69) is 53.3 Å². The first-order chi connectivity index (χ1) is 8.16. The lowest BCUT2D eigenvalue weighted by Crippen LogP contribution is -2.37. The van der Waals surface area contributed by atoms with Gasteiger partial charge in [-0.2, -0.15) is 0 Å². The second-order valence-corrected chi connectivity index (χ2v) is 5.84. The quantitative estimate of drug-likeness (QED) is 0.918. The first-order valence-corrected chi connectivity index (χ1v) is 7.13. The molecule has 0 saturated carbocycles. The van der Waals surface area contributed by atoms with Crippen LogP contribution in [0.4, 0.5) is 0 Å². The average molecular weight is 298 g/mol. The fraction of sp³-hybridized carbons (Fsp3) is 0.571. The van der Waals surface area contributed by atoms with Crippen LogP contribution < -0.4 is 10.1 Å². The Morgan fingerprint density at radius 2 is 2.24 bits per heavy atom. The summed E-state index contributed by atoms with van der Waals surface area (Å²) in [7, 11) is 0. The molecule has 2 rings (SSSR count). The largest absolute Gasteiger partial charge is 0.489 e. The Morgan fingerprint density at radius 1 is 1.41 bits per heavy atom. The van der Waals surface area contributed by atoms with Crippen LogP contribution in [0.3, 0.4) is 0 Å². The lowest BCUT2D eigenvalue weighted by Gasteiger charge is -2.26. The van der Waals surface area contributed by atoms with Crippen molar-refractivity contribution in [1.29, 1.82) is 0 Å². The third-order valence-corrected chi connectivity index (χ3v) is 3.63. The second kappa shape index (κ2) is 5.87. The highest BCUT2D eigenvalue weighted by Gasteiger charge is 2.17. The standard InChI is InChI=1S/C14H20BrNO/c1-10(2)13-8-11(15)5-6-14(13)17-12-4-3-7-16-9-12/h5-6,8,10,12,16H,3-4,7,9H2,1-2H3. The Balaban J connectivity index is 2.13. The van der Waals surface area contributed by atoms with E-state index in [1.54, 1.807) is 0 Å². The number of piperidine rings is 1. The predicted molar refractivity (Wildman–Crippen MR) is 74.8 cm³/mol. The van der Waals surface area contributed by atoms with E-state index in [1.165, 1.54) is 12.0 Å². The highest BCUT2D eigenvalue weighted by atomic mass is 79.9. The van der Waals surface area contributed by atoms with Crippen molar-refractivity contribution < 1.29 is 4.74 Å². The molecule has 3 heteroatoms. The fourth-order valence-electron chi connectivity index (χ4n) is 2.18. The number of halogens is 1. The predicted octanol–water partition coefficient (Wildman–Crippen LogP) is 3.70. The summed E-state index contributed by atoms with van der Waals surface area (Å²) in [5, 5.41) is 3.38. The molecule has 1 unspecified atom stereocenters. The summed E-state index contributed by atoms with van der Waals surface area (Å²) in [5.41, 5.74) is 1.28. The molecular weight excluding hydrogens is 278 g/mol. The number of hydrogen-bond donors (Lipinski definition) is 1. The van der Waals surface area contributed by atoms with E-state index in [0.29, 0.717) is 12.0 Å². The Hall–Kier alpha value is -0.540. The van der Waals surface area contributed by atoms with E-state index in [4.69, 9.17) is 4.74 Å². The fourth-order valence-corrected chi connectivity index (χ4v) is 2.56. The van der Waals surface area contributed by atoms with Crippen LogP contribution in [0.2, 0.25) is 0 Å². The molecule has 1 aromatic rings. The number of benzene rings is 1. The van der Waals surface area contributed by atoms with Crippen LogP contribution in [0.25, 0.3) is 0 Å². The van der Waals surface area contributed by atoms with Crippen molar-refractivity contribution in [3.8, 4) is 5.75 Å². The van der Waals surface area contributed by atoms with Crippen molar-refractivity contribution in [3.05, 3.63) is 28.2 Å². The summed E-state index contributed by atoms with van der Waals surface area (Å²) in [6.07, 6.45) is 2.68. The van der Waals surface area contributed by atoms with Gasteiger partial charge < -0.3 is 10.1 Å². The van der Waals surface area contributed by atoms with Crippen molar-refractivity contribution in [2.24, 2.45) is 0 Å². The molecule has 1 fully saturated rings. The number of nitrogens with one attached hydrogen (secondary N) is 1. The van der Waals surface area contributed by atoms with Gasteiger partial charge in [0.05, 0.1) is 0 Å². The zero-order chi connectivity index (χ0) is 12.3. The molecule has 2 nitrogen and oxygen atoms in total. The summed E-state index contributed by atoms with van der Waals surface area (Å²) in [6.45, 7) is 6.49. The highest BCUT2D eigenvalue weighted by molar-refractivity contribution is 9.10. The number of hydrogen-bond acceptors (Lipinski definition) is 2. The Kier molecular flexibility index (Phi) is 4.46. The lowest BCUT2D eigenvalue weighted by molar-refractivity contribution is 0.165. The summed E-state index contributed by atoms with van der Waals surface area (Å²) in [4.78, 5) is 0. The molecule has 1 atom stereocenters. The second-order valence-electron chi connectivity index (χ2n) is 4.92. The molecule has 0 bridgehead atoms. The maximum absolute atomic E-state index is 6.12. The molecule has 0 amide bonds. The molecule has 17 heavy (non-hydrogen) atoms. The lowest BCUT2D eigenvalue weighted by atomic mass is 10.0. The van der Waals surface area contributed by atoms with Crippen LogP contribution in [0, 0.1) is 0 Å². The molecular formula is C14H20BrNO. The molecule has 0 aromatic heterocycles. The number of ether oxygens (including phenoxy) is 1. The van der Waals surface area contributed by atoms with Crippen LogP contribution in [0.15, 0.2) is 22.7 Å². The van der Waals surface area contributed by atoms with Gasteiger partial charge in [-0.05, 0) is 49.1 Å². The molecule has 0 aliphatic carbocycles. The molecule has 0 spiro atoms. The van der Waals surface area contributed by atoms with Crippen LogP contribution in [-0.2, 0) is 0 Å². The zero-order valence-corrected chi connectivity index (χ0v) is 12.1. The molecule has 1 heterocycles. The van der Waals surface area contributed by atoms with Crippen molar-refractivity contribution in [1.82, 2.24) is 5.32 Å². The third kappa shape index (κ3) is 3.46. The molecule has 1 saturated heterocycles. The summed E-state index contributed by atoms with van der Waals surface area (Å²) < 4.78 is 7.24. The normalized spacial score (nSPS) is 20.6. The summed E-state index contributed by atoms with van der Waals surface area (Å²) in [6, 6.07) is 6.29. The van der Waals surface area contributed by atoms with Gasteiger partial charge in [-0.3, -0.25) is 0 Å². The van der Waals surface area contributed by atoms with E-state index >= 15 is 0 Å². The first-order valence-electron chi connectivity index (χ1n) is 6.33. The van der Waals surface area contributed by atoms with Gasteiger partial charge in [0.25, 0.3) is 0 Å². The molecule has 1 N–H and O–H groups in total. The van der Waals surface area contributed by atoms with Gasteiger partial charge in [0.2, 0.25) is 0 Å². The minimum Gasteiger partial charge on any atom is -0.489 e. The van der Waals surface area contributed by atoms with Gasteiger partial charge in [0.1, 0.15) is 11.9 Å². The minimum absolute atomic E-state index is 0.322. The molecule has 1 aliphatic heterocycles. The van der Waals surface area contributed by atoms with E-state index < -0.39 is 0 Å². The molecule has 0 radical (unpaired) electrons. The zero-order valence-electron chi connectivity index (χ0n) is 10.5. The van der Waals surface area contributed by atoms with Gasteiger partial charge >= 0.3 is 0 Å². The Bertz CT molecular complexity index is 372. The average Bonchev–Trinajstić information content (AvgIpc) is 2.32. The van der Waals surface area contributed by atoms with Crippen LogP contribution >= 0.6 is 15.9 Å². The van der Waals surface area contributed by atoms with Crippen molar-refractivity contribution in [3.63, 3.8) is 0 Å². The Morgan fingerprint density at radius 3 is 2.88 bits per heavy atom. The van der Waals surface area contributed by atoms with Crippen LogP contribution in [0.1, 0.15) is 38.2 Å². The van der Waals surface area contributed by atoms with Gasteiger partial charge in [-0.15, -0.1) is 0 Å². The minimum atomic E-state index is 0.322. The van der Waals surface area contributed by atoms with Crippen LogP contribution in [-0.4, -0.2) is 19.2 Å². The van der Waals surface area contributed by atoms with Gasteiger partial charge in [0, 0.05) is 11.0 Å². The highest BCUT2D eigenvalue weighted by Crippen LogP contribution is 2.30. The van der Waals surface area contributed by atoms with E-state index in [9.17, 15) is 0 Å². The van der Waals surface area contributed by atoms with Crippen molar-refractivity contribution in [2.75, 3.05) is 13.1 Å². The van der Waals surface area contributed by atoms with Crippen molar-refractivity contribution in [2.45, 2.75) is 38.7 Å².